The molecule has 4 nitrogen and oxygen atoms in total. The lowest BCUT2D eigenvalue weighted by Crippen LogP contribution is -2.28. The maximum absolute atomic E-state index is 11.4. The highest BCUT2D eigenvalue weighted by molar-refractivity contribution is 7.90. The van der Waals surface area contributed by atoms with Gasteiger partial charge in [-0.2, -0.15) is 0 Å². The third-order valence-electron chi connectivity index (χ3n) is 4.21. The van der Waals surface area contributed by atoms with Gasteiger partial charge in [0.2, 0.25) is 0 Å². The van der Waals surface area contributed by atoms with Gasteiger partial charge in [0.25, 0.3) is 0 Å². The fourth-order valence-corrected chi connectivity index (χ4v) is 3.58. The molecule has 2 unspecified atom stereocenters. The average Bonchev–Trinajstić information content (AvgIpc) is 2.86. The maximum atomic E-state index is 11.4. The van der Waals surface area contributed by atoms with Crippen molar-refractivity contribution in [1.82, 2.24) is 5.32 Å². The van der Waals surface area contributed by atoms with Crippen LogP contribution in [0.2, 0.25) is 0 Å². The van der Waals surface area contributed by atoms with Gasteiger partial charge in [0.15, 0.2) is 9.84 Å². The van der Waals surface area contributed by atoms with Gasteiger partial charge in [0.1, 0.15) is 0 Å². The topological polar surface area (TPSA) is 72.2 Å². The zero-order valence-corrected chi connectivity index (χ0v) is 12.8. The van der Waals surface area contributed by atoms with Crippen LogP contribution < -0.4 is 11.1 Å². The molecule has 1 saturated carbocycles. The number of benzene rings is 1. The van der Waals surface area contributed by atoms with E-state index >= 15 is 0 Å². The summed E-state index contributed by atoms with van der Waals surface area (Å²) in [6.07, 6.45) is 5.04. The minimum Gasteiger partial charge on any atom is -0.330 e. The Labute approximate surface area is 121 Å². The fraction of sp³-hybridized carbons (Fsp3) is 0.600. The highest BCUT2D eigenvalue weighted by atomic mass is 32.2. The zero-order chi connectivity index (χ0) is 14.6. The van der Waals surface area contributed by atoms with E-state index in [2.05, 4.69) is 5.32 Å². The second-order valence-corrected chi connectivity index (χ2v) is 7.75. The summed E-state index contributed by atoms with van der Waals surface area (Å²) >= 11 is 0. The van der Waals surface area contributed by atoms with E-state index in [1.807, 2.05) is 12.1 Å². The first-order chi connectivity index (χ1) is 9.50. The van der Waals surface area contributed by atoms with Crippen molar-refractivity contribution in [3.8, 4) is 0 Å². The van der Waals surface area contributed by atoms with Crippen molar-refractivity contribution in [2.45, 2.75) is 30.7 Å². The summed E-state index contributed by atoms with van der Waals surface area (Å²) in [4.78, 5) is 0.375. The van der Waals surface area contributed by atoms with E-state index in [4.69, 9.17) is 5.73 Å². The van der Waals surface area contributed by atoms with Gasteiger partial charge >= 0.3 is 0 Å². The van der Waals surface area contributed by atoms with Crippen molar-refractivity contribution in [3.05, 3.63) is 29.8 Å². The largest absolute Gasteiger partial charge is 0.330 e. The molecule has 2 rings (SSSR count). The zero-order valence-electron chi connectivity index (χ0n) is 12.0. The molecule has 1 aromatic carbocycles. The molecule has 3 N–H and O–H groups in total. The molecule has 0 heterocycles. The summed E-state index contributed by atoms with van der Waals surface area (Å²) in [6.45, 7) is 2.56. The second-order valence-electron chi connectivity index (χ2n) is 5.73. The van der Waals surface area contributed by atoms with Gasteiger partial charge < -0.3 is 11.1 Å². The molecule has 0 radical (unpaired) electrons. The van der Waals surface area contributed by atoms with Crippen LogP contribution in [0.5, 0.6) is 0 Å². The van der Waals surface area contributed by atoms with Gasteiger partial charge in [0.05, 0.1) is 4.90 Å². The number of hydrogen-bond donors (Lipinski definition) is 2. The Morgan fingerprint density at radius 1 is 1.20 bits per heavy atom. The number of nitrogens with two attached hydrogens (primary N) is 1. The van der Waals surface area contributed by atoms with Crippen LogP contribution >= 0.6 is 0 Å². The normalized spacial score (nSPS) is 23.1. The summed E-state index contributed by atoms with van der Waals surface area (Å²) in [6, 6.07) is 7.09. The molecule has 1 fully saturated rings. The van der Waals surface area contributed by atoms with Crippen molar-refractivity contribution in [1.29, 1.82) is 0 Å². The summed E-state index contributed by atoms with van der Waals surface area (Å²) in [7, 11) is -3.10. The summed E-state index contributed by atoms with van der Waals surface area (Å²) in [5.41, 5.74) is 6.89. The van der Waals surface area contributed by atoms with E-state index in [9.17, 15) is 8.42 Å². The average molecular weight is 296 g/mol. The quantitative estimate of drug-likeness (QED) is 0.835. The smallest absolute Gasteiger partial charge is 0.175 e. The van der Waals surface area contributed by atoms with E-state index in [-0.39, 0.29) is 0 Å². The van der Waals surface area contributed by atoms with E-state index in [1.54, 1.807) is 12.1 Å². The van der Waals surface area contributed by atoms with Gasteiger partial charge in [-0.3, -0.25) is 0 Å². The monoisotopic (exact) mass is 296 g/mol. The van der Waals surface area contributed by atoms with Crippen LogP contribution in [0.15, 0.2) is 29.2 Å². The summed E-state index contributed by atoms with van der Waals surface area (Å²) in [5, 5.41) is 3.46. The maximum Gasteiger partial charge on any atom is 0.175 e. The van der Waals surface area contributed by atoms with Gasteiger partial charge in [-0.05, 0) is 55.5 Å². The van der Waals surface area contributed by atoms with Crippen LogP contribution in [-0.4, -0.2) is 27.8 Å². The molecule has 1 aliphatic carbocycles. The molecule has 0 spiro atoms. The van der Waals surface area contributed by atoms with Gasteiger partial charge in [0, 0.05) is 12.8 Å². The van der Waals surface area contributed by atoms with Crippen LogP contribution in [0.3, 0.4) is 0 Å². The lowest BCUT2D eigenvalue weighted by atomic mass is 9.96. The molecule has 0 bridgehead atoms. The minimum absolute atomic E-state index is 0.375. The van der Waals surface area contributed by atoms with Crippen LogP contribution in [0.1, 0.15) is 24.8 Å². The van der Waals surface area contributed by atoms with Gasteiger partial charge in [-0.25, -0.2) is 8.42 Å². The lowest BCUT2D eigenvalue weighted by Gasteiger charge is -2.18. The highest BCUT2D eigenvalue weighted by Gasteiger charge is 2.25. The number of hydrogen-bond acceptors (Lipinski definition) is 4. The first kappa shape index (κ1) is 15.5. The van der Waals surface area contributed by atoms with E-state index in [0.717, 1.165) is 25.2 Å². The van der Waals surface area contributed by atoms with Crippen molar-refractivity contribution < 1.29 is 8.42 Å². The first-order valence-corrected chi connectivity index (χ1v) is 9.09. The number of nitrogens with one attached hydrogen (secondary N) is 1. The van der Waals surface area contributed by atoms with Crippen molar-refractivity contribution in [2.75, 3.05) is 19.3 Å². The van der Waals surface area contributed by atoms with Gasteiger partial charge in [-0.1, -0.05) is 18.6 Å². The predicted molar refractivity (Wildman–Crippen MR) is 81.1 cm³/mol. The Kier molecular flexibility index (Phi) is 5.18. The van der Waals surface area contributed by atoms with Gasteiger partial charge in [-0.15, -0.1) is 0 Å². The summed E-state index contributed by atoms with van der Waals surface area (Å²) in [5.74, 6) is 1.35. The number of sulfone groups is 1. The third-order valence-corrected chi connectivity index (χ3v) is 5.33. The molecule has 0 aromatic heterocycles. The molecule has 0 aliphatic heterocycles. The molecule has 20 heavy (non-hydrogen) atoms. The van der Waals surface area contributed by atoms with E-state index < -0.39 is 9.84 Å². The van der Waals surface area contributed by atoms with Crippen molar-refractivity contribution >= 4 is 9.84 Å². The Morgan fingerprint density at radius 3 is 2.45 bits per heavy atom. The highest BCUT2D eigenvalue weighted by Crippen LogP contribution is 2.30. The van der Waals surface area contributed by atoms with E-state index in [0.29, 0.717) is 16.7 Å². The fourth-order valence-electron chi connectivity index (χ4n) is 2.95. The Bertz CT molecular complexity index is 525. The molecule has 0 amide bonds. The van der Waals surface area contributed by atoms with Crippen molar-refractivity contribution in [2.24, 2.45) is 17.6 Å². The Balaban J connectivity index is 1.82. The van der Waals surface area contributed by atoms with Crippen LogP contribution in [0, 0.1) is 11.8 Å². The molecular formula is C15H24N2O2S. The Morgan fingerprint density at radius 2 is 1.85 bits per heavy atom. The van der Waals surface area contributed by atoms with Crippen LogP contribution in [0.4, 0.5) is 0 Å². The third kappa shape index (κ3) is 4.04. The molecule has 2 atom stereocenters. The molecular weight excluding hydrogens is 272 g/mol. The van der Waals surface area contributed by atoms with Crippen LogP contribution in [0.25, 0.3) is 0 Å². The lowest BCUT2D eigenvalue weighted by molar-refractivity contribution is 0.374. The molecule has 1 aliphatic rings. The van der Waals surface area contributed by atoms with E-state index in [1.165, 1.54) is 25.5 Å². The van der Waals surface area contributed by atoms with Crippen molar-refractivity contribution in [3.63, 3.8) is 0 Å². The molecule has 112 valence electrons. The first-order valence-electron chi connectivity index (χ1n) is 7.20. The number of rotatable bonds is 6. The summed E-state index contributed by atoms with van der Waals surface area (Å²) < 4.78 is 22.7. The second kappa shape index (κ2) is 6.70. The predicted octanol–water partition coefficient (Wildman–Crippen LogP) is 1.55. The standard InChI is InChI=1S/C15H24N2O2S/c1-20(18,19)15-7-5-12(6-8-15)10-17-11-14-4-2-3-13(14)9-16/h5-8,13-14,17H,2-4,9-11,16H2,1H3. The SMILES string of the molecule is CS(=O)(=O)c1ccc(CNCC2CCCC2CN)cc1. The molecule has 5 heteroatoms. The molecule has 0 saturated heterocycles. The molecule has 1 aromatic rings. The Hall–Kier alpha value is -0.910. The van der Waals surface area contributed by atoms with Crippen LogP contribution in [-0.2, 0) is 16.4 Å². The minimum atomic E-state index is -3.10.